The van der Waals surface area contributed by atoms with Crippen molar-refractivity contribution in [1.82, 2.24) is 9.97 Å². The first-order valence-electron chi connectivity index (χ1n) is 5.38. The van der Waals surface area contributed by atoms with Crippen LogP contribution in [0.4, 0.5) is 5.82 Å². The zero-order valence-corrected chi connectivity index (χ0v) is 11.6. The normalized spacial score (nSPS) is 10.5. The van der Waals surface area contributed by atoms with E-state index in [1.54, 1.807) is 0 Å². The summed E-state index contributed by atoms with van der Waals surface area (Å²) < 4.78 is 0. The second-order valence-electron chi connectivity index (χ2n) is 3.66. The van der Waals surface area contributed by atoms with Crippen LogP contribution in [0.2, 0.25) is 5.15 Å². The summed E-state index contributed by atoms with van der Waals surface area (Å²) in [6.07, 6.45) is 4.51. The van der Waals surface area contributed by atoms with Gasteiger partial charge in [-0.15, -0.1) is 0 Å². The summed E-state index contributed by atoms with van der Waals surface area (Å²) in [6.45, 7) is 4.73. The largest absolute Gasteiger partial charge is 0.370 e. The molecule has 0 aliphatic rings. The quantitative estimate of drug-likeness (QED) is 0.628. The standard InChI is InChI=1S/C11H18ClN3S/c1-8-10(12)14-9(2)15-11(8)13-6-4-5-7-16-3/h4-7H2,1-3H3,(H,13,14,15). The summed E-state index contributed by atoms with van der Waals surface area (Å²) in [6, 6.07) is 0. The predicted octanol–water partition coefficient (Wildman–Crippen LogP) is 3.30. The van der Waals surface area contributed by atoms with Crippen molar-refractivity contribution < 1.29 is 0 Å². The van der Waals surface area contributed by atoms with Crippen molar-refractivity contribution in [1.29, 1.82) is 0 Å². The molecule has 1 aromatic rings. The van der Waals surface area contributed by atoms with Crippen LogP contribution in [-0.2, 0) is 0 Å². The highest BCUT2D eigenvalue weighted by atomic mass is 35.5. The number of anilines is 1. The van der Waals surface area contributed by atoms with Gasteiger partial charge in [0.25, 0.3) is 0 Å². The van der Waals surface area contributed by atoms with E-state index in [2.05, 4.69) is 21.5 Å². The second kappa shape index (κ2) is 6.97. The lowest BCUT2D eigenvalue weighted by Crippen LogP contribution is -2.07. The van der Waals surface area contributed by atoms with Gasteiger partial charge >= 0.3 is 0 Å². The van der Waals surface area contributed by atoms with Gasteiger partial charge in [-0.3, -0.25) is 0 Å². The third-order valence-corrected chi connectivity index (χ3v) is 3.33. The Labute approximate surface area is 106 Å². The molecule has 0 aliphatic carbocycles. The van der Waals surface area contributed by atoms with Crippen LogP contribution in [0.1, 0.15) is 24.2 Å². The number of hydrogen-bond donors (Lipinski definition) is 1. The lowest BCUT2D eigenvalue weighted by Gasteiger charge is -2.09. The monoisotopic (exact) mass is 259 g/mol. The van der Waals surface area contributed by atoms with Gasteiger partial charge in [0.2, 0.25) is 0 Å². The van der Waals surface area contributed by atoms with Crippen LogP contribution < -0.4 is 5.32 Å². The Morgan fingerprint density at radius 1 is 1.25 bits per heavy atom. The van der Waals surface area contributed by atoms with E-state index < -0.39 is 0 Å². The molecule has 0 bridgehead atoms. The van der Waals surface area contributed by atoms with Crippen molar-refractivity contribution in [2.75, 3.05) is 23.9 Å². The van der Waals surface area contributed by atoms with E-state index in [9.17, 15) is 0 Å². The zero-order valence-electron chi connectivity index (χ0n) is 10.0. The number of aryl methyl sites for hydroxylation is 1. The molecule has 90 valence electrons. The zero-order chi connectivity index (χ0) is 12.0. The van der Waals surface area contributed by atoms with E-state index in [4.69, 9.17) is 11.6 Å². The Morgan fingerprint density at radius 3 is 2.69 bits per heavy atom. The van der Waals surface area contributed by atoms with E-state index in [-0.39, 0.29) is 0 Å². The lowest BCUT2D eigenvalue weighted by atomic mass is 10.3. The molecule has 0 aliphatic heterocycles. The van der Waals surface area contributed by atoms with Gasteiger partial charge in [0.1, 0.15) is 16.8 Å². The van der Waals surface area contributed by atoms with Gasteiger partial charge in [0.05, 0.1) is 0 Å². The molecule has 0 atom stereocenters. The highest BCUT2D eigenvalue weighted by Crippen LogP contribution is 2.19. The summed E-state index contributed by atoms with van der Waals surface area (Å²) in [5.41, 5.74) is 0.928. The Bertz CT molecular complexity index is 344. The Hall–Kier alpha value is -0.480. The molecule has 0 saturated heterocycles. The average Bonchev–Trinajstić information content (AvgIpc) is 2.24. The number of halogens is 1. The van der Waals surface area contributed by atoms with Gasteiger partial charge in [0.15, 0.2) is 0 Å². The van der Waals surface area contributed by atoms with Crippen molar-refractivity contribution in [2.45, 2.75) is 26.7 Å². The molecular weight excluding hydrogens is 242 g/mol. The van der Waals surface area contributed by atoms with Crippen LogP contribution in [0.25, 0.3) is 0 Å². The molecule has 5 heteroatoms. The molecule has 16 heavy (non-hydrogen) atoms. The second-order valence-corrected chi connectivity index (χ2v) is 5.01. The molecule has 0 saturated carbocycles. The highest BCUT2D eigenvalue weighted by molar-refractivity contribution is 7.98. The molecule has 0 aromatic carbocycles. The minimum Gasteiger partial charge on any atom is -0.370 e. The third-order valence-electron chi connectivity index (χ3n) is 2.27. The molecule has 1 rings (SSSR count). The van der Waals surface area contributed by atoms with E-state index in [1.807, 2.05) is 25.6 Å². The summed E-state index contributed by atoms with van der Waals surface area (Å²) in [5.74, 6) is 2.79. The maximum Gasteiger partial charge on any atom is 0.137 e. The summed E-state index contributed by atoms with van der Waals surface area (Å²) in [4.78, 5) is 8.44. The number of hydrogen-bond acceptors (Lipinski definition) is 4. The molecule has 1 N–H and O–H groups in total. The maximum atomic E-state index is 5.99. The Kier molecular flexibility index (Phi) is 5.91. The summed E-state index contributed by atoms with van der Waals surface area (Å²) in [7, 11) is 0. The molecule has 1 aromatic heterocycles. The number of aromatic nitrogens is 2. The van der Waals surface area contributed by atoms with Gasteiger partial charge in [0, 0.05) is 12.1 Å². The molecule has 0 fully saturated rings. The van der Waals surface area contributed by atoms with Gasteiger partial charge < -0.3 is 5.32 Å². The topological polar surface area (TPSA) is 37.8 Å². The van der Waals surface area contributed by atoms with Crippen LogP contribution in [-0.4, -0.2) is 28.5 Å². The van der Waals surface area contributed by atoms with Gasteiger partial charge in [-0.1, -0.05) is 11.6 Å². The Balaban J connectivity index is 2.47. The lowest BCUT2D eigenvalue weighted by molar-refractivity contribution is 0.836. The number of thioether (sulfide) groups is 1. The smallest absolute Gasteiger partial charge is 0.137 e. The SMILES string of the molecule is CSCCCCNc1nc(C)nc(Cl)c1C. The van der Waals surface area contributed by atoms with E-state index in [0.29, 0.717) is 11.0 Å². The summed E-state index contributed by atoms with van der Waals surface area (Å²) in [5, 5.41) is 3.85. The minimum atomic E-state index is 0.541. The number of nitrogens with one attached hydrogen (secondary N) is 1. The third kappa shape index (κ3) is 4.18. The van der Waals surface area contributed by atoms with Crippen LogP contribution in [0.5, 0.6) is 0 Å². The van der Waals surface area contributed by atoms with Crippen molar-refractivity contribution in [3.8, 4) is 0 Å². The summed E-state index contributed by atoms with van der Waals surface area (Å²) >= 11 is 7.87. The van der Waals surface area contributed by atoms with E-state index in [0.717, 1.165) is 24.3 Å². The maximum absolute atomic E-state index is 5.99. The number of rotatable bonds is 6. The van der Waals surface area contributed by atoms with Crippen molar-refractivity contribution in [2.24, 2.45) is 0 Å². The number of nitrogens with zero attached hydrogens (tertiary/aromatic N) is 2. The molecule has 3 nitrogen and oxygen atoms in total. The van der Waals surface area contributed by atoms with Gasteiger partial charge in [-0.25, -0.2) is 9.97 Å². The van der Waals surface area contributed by atoms with Crippen molar-refractivity contribution >= 4 is 29.2 Å². The first-order valence-corrected chi connectivity index (χ1v) is 7.16. The van der Waals surface area contributed by atoms with Crippen LogP contribution in [0, 0.1) is 13.8 Å². The highest BCUT2D eigenvalue weighted by Gasteiger charge is 2.06. The van der Waals surface area contributed by atoms with Gasteiger partial charge in [-0.2, -0.15) is 11.8 Å². The van der Waals surface area contributed by atoms with Crippen molar-refractivity contribution in [3.05, 3.63) is 16.5 Å². The molecule has 0 amide bonds. The number of unbranched alkanes of at least 4 members (excludes halogenated alkanes) is 1. The van der Waals surface area contributed by atoms with Crippen LogP contribution >= 0.6 is 23.4 Å². The molecule has 0 unspecified atom stereocenters. The first-order chi connectivity index (χ1) is 7.65. The first kappa shape index (κ1) is 13.6. The predicted molar refractivity (Wildman–Crippen MR) is 72.6 cm³/mol. The molecular formula is C11H18ClN3S. The van der Waals surface area contributed by atoms with E-state index >= 15 is 0 Å². The van der Waals surface area contributed by atoms with E-state index in [1.165, 1.54) is 12.2 Å². The van der Waals surface area contributed by atoms with Gasteiger partial charge in [-0.05, 0) is 38.7 Å². The van der Waals surface area contributed by atoms with Crippen LogP contribution in [0.3, 0.4) is 0 Å². The Morgan fingerprint density at radius 2 is 2.00 bits per heavy atom. The fraction of sp³-hybridized carbons (Fsp3) is 0.636. The molecule has 1 heterocycles. The fourth-order valence-electron chi connectivity index (χ4n) is 1.34. The molecule has 0 spiro atoms. The minimum absolute atomic E-state index is 0.541. The molecule has 0 radical (unpaired) electrons. The van der Waals surface area contributed by atoms with Crippen molar-refractivity contribution in [3.63, 3.8) is 0 Å². The fourth-order valence-corrected chi connectivity index (χ4v) is 2.05. The average molecular weight is 260 g/mol. The van der Waals surface area contributed by atoms with Crippen LogP contribution in [0.15, 0.2) is 0 Å².